The highest BCUT2D eigenvalue weighted by molar-refractivity contribution is 9.09. The van der Waals surface area contributed by atoms with Crippen LogP contribution in [-0.4, -0.2) is 21.8 Å². The van der Waals surface area contributed by atoms with E-state index in [1.807, 2.05) is 26.1 Å². The van der Waals surface area contributed by atoms with Crippen LogP contribution < -0.4 is 4.90 Å². The average molecular weight is 320 g/mol. The molecule has 0 saturated heterocycles. The molecule has 0 N–H and O–H groups in total. The molecular weight excluding hydrogens is 302 g/mol. The number of aromatic nitrogens is 2. The Morgan fingerprint density at radius 3 is 2.47 bits per heavy atom. The van der Waals surface area contributed by atoms with Crippen LogP contribution >= 0.6 is 15.9 Å². The lowest BCUT2D eigenvalue weighted by atomic mass is 10.2. The van der Waals surface area contributed by atoms with Gasteiger partial charge in [0.05, 0.1) is 17.6 Å². The maximum atomic E-state index is 4.63. The van der Waals surface area contributed by atoms with Crippen molar-refractivity contribution in [2.45, 2.75) is 20.4 Å². The molecule has 100 valence electrons. The molecule has 4 heteroatoms. The van der Waals surface area contributed by atoms with E-state index in [-0.39, 0.29) is 0 Å². The van der Waals surface area contributed by atoms with Crippen molar-refractivity contribution in [3.8, 4) is 0 Å². The van der Waals surface area contributed by atoms with E-state index in [0.29, 0.717) is 0 Å². The second kappa shape index (κ2) is 6.66. The van der Waals surface area contributed by atoms with Crippen LogP contribution in [0.4, 0.5) is 5.82 Å². The summed E-state index contributed by atoms with van der Waals surface area (Å²) in [6.07, 6.45) is 1.86. The van der Waals surface area contributed by atoms with Crippen LogP contribution in [0.1, 0.15) is 17.0 Å². The zero-order valence-electron chi connectivity index (χ0n) is 11.3. The first-order valence-electron chi connectivity index (χ1n) is 6.36. The Labute approximate surface area is 122 Å². The van der Waals surface area contributed by atoms with Gasteiger partial charge >= 0.3 is 0 Å². The van der Waals surface area contributed by atoms with Gasteiger partial charge in [-0.25, -0.2) is 4.98 Å². The molecule has 1 aromatic heterocycles. The summed E-state index contributed by atoms with van der Waals surface area (Å²) in [5.74, 6) is 0.936. The van der Waals surface area contributed by atoms with Gasteiger partial charge in [-0.05, 0) is 19.4 Å². The first kappa shape index (κ1) is 14.0. The largest absolute Gasteiger partial charge is 0.350 e. The van der Waals surface area contributed by atoms with Crippen molar-refractivity contribution in [1.82, 2.24) is 9.97 Å². The van der Waals surface area contributed by atoms with Gasteiger partial charge in [0, 0.05) is 18.4 Å². The summed E-state index contributed by atoms with van der Waals surface area (Å²) in [5, 5.41) is 0.911. The van der Waals surface area contributed by atoms with E-state index in [1.54, 1.807) is 0 Å². The van der Waals surface area contributed by atoms with Gasteiger partial charge in [-0.2, -0.15) is 0 Å². The lowest BCUT2D eigenvalue weighted by molar-refractivity contribution is 0.809. The number of rotatable bonds is 5. The van der Waals surface area contributed by atoms with Crippen LogP contribution in [0.3, 0.4) is 0 Å². The minimum absolute atomic E-state index is 0.851. The number of hydrogen-bond acceptors (Lipinski definition) is 3. The molecule has 19 heavy (non-hydrogen) atoms. The van der Waals surface area contributed by atoms with E-state index < -0.39 is 0 Å². The monoisotopic (exact) mass is 319 g/mol. The topological polar surface area (TPSA) is 29.0 Å². The maximum Gasteiger partial charge on any atom is 0.147 e. The minimum atomic E-state index is 0.851. The standard InChI is InChI=1S/C15H18BrN3/c1-12-13(2)18-15(10-17-12)19(9-8-16)11-14-6-4-3-5-7-14/h3-7,10H,8-9,11H2,1-2H3. The number of hydrogen-bond donors (Lipinski definition) is 0. The third kappa shape index (κ3) is 3.77. The van der Waals surface area contributed by atoms with Gasteiger partial charge in [-0.3, -0.25) is 4.98 Å². The number of nitrogens with zero attached hydrogens (tertiary/aromatic N) is 3. The molecule has 2 rings (SSSR count). The van der Waals surface area contributed by atoms with Crippen molar-refractivity contribution in [2.75, 3.05) is 16.8 Å². The normalized spacial score (nSPS) is 10.5. The van der Waals surface area contributed by atoms with Crippen molar-refractivity contribution < 1.29 is 0 Å². The third-order valence-electron chi connectivity index (χ3n) is 3.07. The summed E-state index contributed by atoms with van der Waals surface area (Å²) >= 11 is 3.50. The Kier molecular flexibility index (Phi) is 4.91. The molecule has 3 nitrogen and oxygen atoms in total. The van der Waals surface area contributed by atoms with Crippen LogP contribution in [0, 0.1) is 13.8 Å². The minimum Gasteiger partial charge on any atom is -0.350 e. The van der Waals surface area contributed by atoms with Gasteiger partial charge < -0.3 is 4.90 Å². The number of anilines is 1. The molecular formula is C15H18BrN3. The highest BCUT2D eigenvalue weighted by atomic mass is 79.9. The second-order valence-corrected chi connectivity index (χ2v) is 5.29. The third-order valence-corrected chi connectivity index (χ3v) is 3.43. The molecule has 0 aliphatic carbocycles. The molecule has 2 aromatic rings. The highest BCUT2D eigenvalue weighted by Gasteiger charge is 2.09. The molecule has 0 aliphatic rings. The summed E-state index contributed by atoms with van der Waals surface area (Å²) in [6.45, 7) is 5.74. The van der Waals surface area contributed by atoms with Gasteiger partial charge in [0.15, 0.2) is 0 Å². The molecule has 0 atom stereocenters. The van der Waals surface area contributed by atoms with Crippen molar-refractivity contribution in [3.05, 3.63) is 53.5 Å². The predicted molar refractivity (Wildman–Crippen MR) is 82.8 cm³/mol. The first-order valence-corrected chi connectivity index (χ1v) is 7.48. The van der Waals surface area contributed by atoms with Gasteiger partial charge in [0.25, 0.3) is 0 Å². The van der Waals surface area contributed by atoms with E-state index >= 15 is 0 Å². The summed E-state index contributed by atoms with van der Waals surface area (Å²) in [5.41, 5.74) is 3.26. The van der Waals surface area contributed by atoms with E-state index in [4.69, 9.17) is 0 Å². The Morgan fingerprint density at radius 2 is 1.84 bits per heavy atom. The molecule has 0 fully saturated rings. The Balaban J connectivity index is 2.21. The predicted octanol–water partition coefficient (Wildman–Crippen LogP) is 3.49. The molecule has 0 radical (unpaired) electrons. The molecule has 0 aliphatic heterocycles. The zero-order chi connectivity index (χ0) is 13.7. The van der Waals surface area contributed by atoms with Crippen LogP contribution in [-0.2, 0) is 6.54 Å². The van der Waals surface area contributed by atoms with Crippen molar-refractivity contribution in [1.29, 1.82) is 0 Å². The van der Waals surface area contributed by atoms with Crippen LogP contribution in [0.5, 0.6) is 0 Å². The van der Waals surface area contributed by atoms with Crippen LogP contribution in [0.25, 0.3) is 0 Å². The fraction of sp³-hybridized carbons (Fsp3) is 0.333. The van der Waals surface area contributed by atoms with Crippen molar-refractivity contribution in [2.24, 2.45) is 0 Å². The molecule has 0 unspecified atom stereocenters. The first-order chi connectivity index (χ1) is 9.20. The highest BCUT2D eigenvalue weighted by Crippen LogP contribution is 2.15. The maximum absolute atomic E-state index is 4.63. The SMILES string of the molecule is Cc1ncc(N(CCBr)Cc2ccccc2)nc1C. The zero-order valence-corrected chi connectivity index (χ0v) is 12.9. The molecule has 0 amide bonds. The van der Waals surface area contributed by atoms with Gasteiger partial charge in [-0.1, -0.05) is 46.3 Å². The molecule has 1 heterocycles. The lowest BCUT2D eigenvalue weighted by Gasteiger charge is -2.23. The molecule has 0 saturated carbocycles. The average Bonchev–Trinajstić information content (AvgIpc) is 2.43. The number of alkyl halides is 1. The van der Waals surface area contributed by atoms with E-state index in [1.165, 1.54) is 5.56 Å². The molecule has 0 spiro atoms. The quantitative estimate of drug-likeness (QED) is 0.790. The van der Waals surface area contributed by atoms with Gasteiger partial charge in [0.1, 0.15) is 5.82 Å². The Hall–Kier alpha value is -1.42. The summed E-state index contributed by atoms with van der Waals surface area (Å²) in [4.78, 5) is 11.3. The van der Waals surface area contributed by atoms with Gasteiger partial charge in [0.2, 0.25) is 0 Å². The van der Waals surface area contributed by atoms with E-state index in [0.717, 1.165) is 35.6 Å². The summed E-state index contributed by atoms with van der Waals surface area (Å²) in [7, 11) is 0. The fourth-order valence-electron chi connectivity index (χ4n) is 1.86. The number of halogens is 1. The Bertz CT molecular complexity index is 528. The van der Waals surface area contributed by atoms with E-state index in [9.17, 15) is 0 Å². The summed E-state index contributed by atoms with van der Waals surface area (Å²) in [6, 6.07) is 10.4. The van der Waals surface area contributed by atoms with Crippen molar-refractivity contribution >= 4 is 21.7 Å². The fourth-order valence-corrected chi connectivity index (χ4v) is 2.29. The van der Waals surface area contributed by atoms with Crippen LogP contribution in [0.15, 0.2) is 36.5 Å². The van der Waals surface area contributed by atoms with Crippen LogP contribution in [0.2, 0.25) is 0 Å². The number of aryl methyl sites for hydroxylation is 2. The number of benzene rings is 1. The Morgan fingerprint density at radius 1 is 1.11 bits per heavy atom. The van der Waals surface area contributed by atoms with Crippen molar-refractivity contribution in [3.63, 3.8) is 0 Å². The smallest absolute Gasteiger partial charge is 0.147 e. The lowest BCUT2D eigenvalue weighted by Crippen LogP contribution is -2.26. The van der Waals surface area contributed by atoms with Gasteiger partial charge in [-0.15, -0.1) is 0 Å². The second-order valence-electron chi connectivity index (χ2n) is 4.50. The summed E-state index contributed by atoms with van der Waals surface area (Å²) < 4.78 is 0. The molecule has 0 bridgehead atoms. The van der Waals surface area contributed by atoms with E-state index in [2.05, 4.69) is 55.1 Å². The molecule has 1 aromatic carbocycles.